The Labute approximate surface area is 85.3 Å². The maximum atomic E-state index is 9.49. The summed E-state index contributed by atoms with van der Waals surface area (Å²) in [4.78, 5) is 0. The minimum absolute atomic E-state index is 0.0225. The molecule has 0 atom stereocenters. The lowest BCUT2D eigenvalue weighted by atomic mass is 10.4. The van der Waals surface area contributed by atoms with Crippen molar-refractivity contribution in [2.24, 2.45) is 0 Å². The molecule has 3 heterocycles. The van der Waals surface area contributed by atoms with Gasteiger partial charge in [-0.25, -0.2) is 0 Å². The van der Waals surface area contributed by atoms with Crippen LogP contribution in [-0.4, -0.2) is 10.2 Å². The summed E-state index contributed by atoms with van der Waals surface area (Å²) in [5, 5.41) is 22.0. The van der Waals surface area contributed by atoms with Crippen molar-refractivity contribution in [1.29, 1.82) is 0 Å². The van der Waals surface area contributed by atoms with Crippen LogP contribution in [0.5, 0.6) is 10.8 Å². The van der Waals surface area contributed by atoms with Gasteiger partial charge in [0.2, 0.25) is 5.06 Å². The van der Waals surface area contributed by atoms with Gasteiger partial charge < -0.3 is 10.2 Å². The molecule has 0 saturated heterocycles. The molecule has 5 heteroatoms. The van der Waals surface area contributed by atoms with Crippen LogP contribution in [0.25, 0.3) is 18.8 Å². The van der Waals surface area contributed by atoms with Gasteiger partial charge >= 0.3 is 0 Å². The predicted molar refractivity (Wildman–Crippen MR) is 58.4 cm³/mol. The minimum Gasteiger partial charge on any atom is -0.503 e. The largest absolute Gasteiger partial charge is 0.503 e. The van der Waals surface area contributed by atoms with Gasteiger partial charge in [0.15, 0.2) is 5.75 Å². The summed E-state index contributed by atoms with van der Waals surface area (Å²) in [6.45, 7) is 0. The standard InChI is InChI=1S/C8H4O2S3/c9-4-6-5(12-7(4)10)3-1-2-11-8(3)13-6/h1-2,9-10H. The Balaban J connectivity index is 2.63. The average Bonchev–Trinajstić information content (AvgIpc) is 2.70. The number of aromatic hydroxyl groups is 2. The number of hydrogen-bond donors (Lipinski definition) is 2. The van der Waals surface area contributed by atoms with Crippen LogP contribution in [0.4, 0.5) is 0 Å². The van der Waals surface area contributed by atoms with Crippen LogP contribution in [0.3, 0.4) is 0 Å². The molecule has 0 aliphatic carbocycles. The maximum absolute atomic E-state index is 9.49. The molecule has 0 aliphatic heterocycles. The van der Waals surface area contributed by atoms with E-state index in [-0.39, 0.29) is 10.8 Å². The Morgan fingerprint density at radius 1 is 1.08 bits per heavy atom. The molecule has 3 aromatic rings. The fourth-order valence-electron chi connectivity index (χ4n) is 1.30. The summed E-state index contributed by atoms with van der Waals surface area (Å²) in [5.41, 5.74) is 0. The van der Waals surface area contributed by atoms with Crippen molar-refractivity contribution in [3.05, 3.63) is 11.4 Å². The van der Waals surface area contributed by atoms with Crippen LogP contribution < -0.4 is 0 Å². The molecule has 2 nitrogen and oxygen atoms in total. The van der Waals surface area contributed by atoms with Gasteiger partial charge in [-0.2, -0.15) is 0 Å². The Morgan fingerprint density at radius 3 is 2.77 bits per heavy atom. The first-order valence-electron chi connectivity index (χ1n) is 3.58. The molecule has 66 valence electrons. The van der Waals surface area contributed by atoms with E-state index in [0.717, 1.165) is 14.8 Å². The van der Waals surface area contributed by atoms with Gasteiger partial charge in [-0.1, -0.05) is 11.3 Å². The van der Waals surface area contributed by atoms with Crippen LogP contribution >= 0.6 is 34.0 Å². The molecule has 2 N–H and O–H groups in total. The van der Waals surface area contributed by atoms with Crippen LogP contribution in [0.2, 0.25) is 0 Å². The molecule has 0 aliphatic rings. The lowest BCUT2D eigenvalue weighted by molar-refractivity contribution is 0.420. The highest BCUT2D eigenvalue weighted by Crippen LogP contribution is 2.50. The molecule has 0 amide bonds. The molecule has 3 aromatic heterocycles. The minimum atomic E-state index is 0.0225. The molecule has 0 unspecified atom stereocenters. The second-order valence-corrected chi connectivity index (χ2v) is 5.83. The van der Waals surface area contributed by atoms with Crippen LogP contribution in [0, 0.1) is 0 Å². The molecule has 0 fully saturated rings. The summed E-state index contributed by atoms with van der Waals surface area (Å²) in [7, 11) is 0. The second kappa shape index (κ2) is 2.37. The first kappa shape index (κ1) is 7.61. The van der Waals surface area contributed by atoms with Gasteiger partial charge in [-0.15, -0.1) is 22.7 Å². The van der Waals surface area contributed by atoms with E-state index in [1.807, 2.05) is 11.4 Å². The van der Waals surface area contributed by atoms with Gasteiger partial charge in [-0.05, 0) is 11.4 Å². The first-order chi connectivity index (χ1) is 6.27. The third-order valence-corrected chi connectivity index (χ3v) is 5.29. The van der Waals surface area contributed by atoms with Gasteiger partial charge in [-0.3, -0.25) is 0 Å². The molecule has 0 radical (unpaired) electrons. The topological polar surface area (TPSA) is 40.5 Å². The van der Waals surface area contributed by atoms with Gasteiger partial charge in [0.1, 0.15) is 0 Å². The summed E-state index contributed by atoms with van der Waals surface area (Å²) < 4.78 is 3.01. The highest BCUT2D eigenvalue weighted by atomic mass is 32.2. The number of fused-ring (bicyclic) bond motifs is 3. The van der Waals surface area contributed by atoms with Crippen molar-refractivity contribution in [2.45, 2.75) is 0 Å². The molecule has 0 spiro atoms. The summed E-state index contributed by atoms with van der Waals surface area (Å²) >= 11 is 4.44. The normalized spacial score (nSPS) is 11.7. The van der Waals surface area contributed by atoms with Crippen molar-refractivity contribution in [3.8, 4) is 10.8 Å². The van der Waals surface area contributed by atoms with Crippen molar-refractivity contribution < 1.29 is 10.2 Å². The van der Waals surface area contributed by atoms with Gasteiger partial charge in [0, 0.05) is 5.39 Å². The van der Waals surface area contributed by atoms with E-state index in [1.54, 1.807) is 11.3 Å². The van der Waals surface area contributed by atoms with Crippen molar-refractivity contribution in [2.75, 3.05) is 0 Å². The zero-order valence-corrected chi connectivity index (χ0v) is 8.72. The van der Waals surface area contributed by atoms with Crippen LogP contribution in [0.15, 0.2) is 11.4 Å². The number of hydrogen-bond acceptors (Lipinski definition) is 5. The molecular weight excluding hydrogens is 224 g/mol. The zero-order chi connectivity index (χ0) is 9.00. The number of rotatable bonds is 0. The molecular formula is C8H4O2S3. The van der Waals surface area contributed by atoms with Gasteiger partial charge in [0.05, 0.1) is 13.4 Å². The van der Waals surface area contributed by atoms with Crippen LogP contribution in [-0.2, 0) is 0 Å². The Kier molecular flexibility index (Phi) is 1.39. The molecule has 3 rings (SSSR count). The summed E-state index contributed by atoms with van der Waals surface area (Å²) in [6, 6.07) is 2.02. The molecule has 0 aromatic carbocycles. The first-order valence-corrected chi connectivity index (χ1v) is 6.09. The van der Waals surface area contributed by atoms with Crippen LogP contribution in [0.1, 0.15) is 0 Å². The maximum Gasteiger partial charge on any atom is 0.216 e. The Hall–Kier alpha value is -0.780. The van der Waals surface area contributed by atoms with E-state index in [2.05, 4.69) is 0 Å². The van der Waals surface area contributed by atoms with E-state index < -0.39 is 0 Å². The van der Waals surface area contributed by atoms with E-state index >= 15 is 0 Å². The monoisotopic (exact) mass is 228 g/mol. The average molecular weight is 228 g/mol. The third kappa shape index (κ3) is 0.864. The third-order valence-electron chi connectivity index (χ3n) is 1.89. The van der Waals surface area contributed by atoms with E-state index in [1.165, 1.54) is 26.7 Å². The highest BCUT2D eigenvalue weighted by molar-refractivity contribution is 7.44. The summed E-state index contributed by atoms with van der Waals surface area (Å²) in [5.74, 6) is 0.0356. The SMILES string of the molecule is Oc1sc2c(sc3sccc32)c1O. The highest BCUT2D eigenvalue weighted by Gasteiger charge is 2.16. The fourth-order valence-corrected chi connectivity index (χ4v) is 4.70. The number of thiophene rings is 3. The fraction of sp³-hybridized carbons (Fsp3) is 0. The molecule has 0 saturated carbocycles. The van der Waals surface area contributed by atoms with Gasteiger partial charge in [0.25, 0.3) is 0 Å². The quantitative estimate of drug-likeness (QED) is 0.617. The van der Waals surface area contributed by atoms with Crippen molar-refractivity contribution >= 4 is 52.8 Å². The van der Waals surface area contributed by atoms with E-state index in [0.29, 0.717) is 0 Å². The Morgan fingerprint density at radius 2 is 1.92 bits per heavy atom. The summed E-state index contributed by atoms with van der Waals surface area (Å²) in [6.07, 6.45) is 0. The zero-order valence-electron chi connectivity index (χ0n) is 6.27. The smallest absolute Gasteiger partial charge is 0.216 e. The van der Waals surface area contributed by atoms with Crippen molar-refractivity contribution in [1.82, 2.24) is 0 Å². The molecule has 13 heavy (non-hydrogen) atoms. The predicted octanol–water partition coefficient (Wildman–Crippen LogP) is 3.59. The lowest BCUT2D eigenvalue weighted by Gasteiger charge is -1.82. The second-order valence-electron chi connectivity index (χ2n) is 2.64. The van der Waals surface area contributed by atoms with Crippen molar-refractivity contribution in [3.63, 3.8) is 0 Å². The van der Waals surface area contributed by atoms with E-state index in [9.17, 15) is 10.2 Å². The molecule has 0 bridgehead atoms. The lowest BCUT2D eigenvalue weighted by Crippen LogP contribution is -1.51. The Bertz CT molecular complexity index is 587. The van der Waals surface area contributed by atoms with E-state index in [4.69, 9.17) is 0 Å².